The molecule has 2 heterocycles. The van der Waals surface area contributed by atoms with Crippen molar-refractivity contribution in [2.75, 3.05) is 23.7 Å². The van der Waals surface area contributed by atoms with Crippen LogP contribution in [0.4, 0.5) is 10.3 Å². The number of aromatic nitrogens is 3. The Morgan fingerprint density at radius 3 is 2.45 bits per heavy atom. The minimum atomic E-state index is -0.290. The van der Waals surface area contributed by atoms with Gasteiger partial charge in [-0.1, -0.05) is 41.6 Å². The van der Waals surface area contributed by atoms with E-state index in [2.05, 4.69) is 51.6 Å². The Hall–Kier alpha value is -2.87. The Bertz CT molecular complexity index is 1030. The van der Waals surface area contributed by atoms with Crippen LogP contribution in [-0.4, -0.2) is 39.5 Å². The van der Waals surface area contributed by atoms with E-state index in [9.17, 15) is 9.18 Å². The Labute approximate surface area is 185 Å². The van der Waals surface area contributed by atoms with Crippen molar-refractivity contribution in [2.24, 2.45) is 0 Å². The second-order valence-electron chi connectivity index (χ2n) is 7.78. The summed E-state index contributed by atoms with van der Waals surface area (Å²) in [5, 5.41) is 12.5. The van der Waals surface area contributed by atoms with E-state index in [1.165, 1.54) is 29.5 Å². The number of halogens is 1. The molecule has 162 valence electrons. The van der Waals surface area contributed by atoms with Crippen LogP contribution in [0.15, 0.2) is 53.7 Å². The van der Waals surface area contributed by atoms with Gasteiger partial charge >= 0.3 is 0 Å². The molecule has 0 radical (unpaired) electrons. The molecule has 4 rings (SSSR count). The van der Waals surface area contributed by atoms with Crippen molar-refractivity contribution >= 4 is 23.6 Å². The summed E-state index contributed by atoms with van der Waals surface area (Å²) in [4.78, 5) is 14.8. The maximum atomic E-state index is 13.1. The third kappa shape index (κ3) is 5.07. The zero-order valence-corrected chi connectivity index (χ0v) is 18.5. The van der Waals surface area contributed by atoms with Crippen molar-refractivity contribution in [2.45, 2.75) is 37.9 Å². The van der Waals surface area contributed by atoms with Gasteiger partial charge in [0.25, 0.3) is 0 Å². The lowest BCUT2D eigenvalue weighted by atomic mass is 10.1. The Kier molecular flexibility index (Phi) is 6.56. The van der Waals surface area contributed by atoms with Gasteiger partial charge in [-0.05, 0) is 56.5 Å². The van der Waals surface area contributed by atoms with Gasteiger partial charge in [-0.25, -0.2) is 4.39 Å². The second-order valence-corrected chi connectivity index (χ2v) is 8.72. The minimum Gasteiger partial charge on any atom is -0.349 e. The molecule has 3 aromatic rings. The summed E-state index contributed by atoms with van der Waals surface area (Å²) in [5.74, 6) is 0.643. The largest absolute Gasteiger partial charge is 0.349 e. The number of aryl methyl sites for hydroxylation is 1. The molecule has 0 bridgehead atoms. The van der Waals surface area contributed by atoms with Crippen LogP contribution in [0.3, 0.4) is 0 Å². The van der Waals surface area contributed by atoms with E-state index in [1.54, 1.807) is 12.1 Å². The number of nitrogens with zero attached hydrogens (tertiary/aromatic N) is 4. The average Bonchev–Trinajstić information content (AvgIpc) is 3.43. The maximum absolute atomic E-state index is 13.1. The topological polar surface area (TPSA) is 63.1 Å². The van der Waals surface area contributed by atoms with Crippen molar-refractivity contribution in [3.63, 3.8) is 0 Å². The number of rotatable bonds is 7. The van der Waals surface area contributed by atoms with E-state index >= 15 is 0 Å². The number of nitrogens with one attached hydrogen (secondary N) is 1. The highest BCUT2D eigenvalue weighted by molar-refractivity contribution is 7.99. The van der Waals surface area contributed by atoms with Crippen LogP contribution in [0.5, 0.6) is 0 Å². The molecule has 1 amide bonds. The number of carbonyl (C=O) groups excluding carboxylic acids is 1. The Balaban J connectivity index is 1.48. The highest BCUT2D eigenvalue weighted by Crippen LogP contribution is 2.28. The van der Waals surface area contributed by atoms with Gasteiger partial charge in [0.15, 0.2) is 5.16 Å². The summed E-state index contributed by atoms with van der Waals surface area (Å²) in [7, 11) is 0. The third-order valence-corrected chi connectivity index (χ3v) is 6.31. The first-order valence-corrected chi connectivity index (χ1v) is 11.4. The van der Waals surface area contributed by atoms with Gasteiger partial charge in [0, 0.05) is 13.1 Å². The predicted molar refractivity (Wildman–Crippen MR) is 121 cm³/mol. The molecule has 0 aliphatic carbocycles. The minimum absolute atomic E-state index is 0.108. The molecule has 6 nitrogen and oxygen atoms in total. The number of thioether (sulfide) groups is 1. The standard InChI is InChI=1S/C23H26FN5OS/c1-16-5-11-20(12-6-16)29-22(28-13-3-4-14-28)26-27-23(29)31-15-21(30)25-17(2)18-7-9-19(24)10-8-18/h5-12,17H,3-4,13-15H2,1-2H3,(H,25,30). The van der Waals surface area contributed by atoms with E-state index in [0.717, 1.165) is 43.1 Å². The fourth-order valence-electron chi connectivity index (χ4n) is 3.65. The summed E-state index contributed by atoms with van der Waals surface area (Å²) in [6, 6.07) is 14.2. The van der Waals surface area contributed by atoms with E-state index in [4.69, 9.17) is 0 Å². The molecule has 1 unspecified atom stereocenters. The number of carbonyl (C=O) groups is 1. The van der Waals surface area contributed by atoms with Gasteiger partial charge in [0.1, 0.15) is 5.82 Å². The van der Waals surface area contributed by atoms with Gasteiger partial charge in [-0.3, -0.25) is 9.36 Å². The van der Waals surface area contributed by atoms with Crippen molar-refractivity contribution in [3.05, 3.63) is 65.5 Å². The van der Waals surface area contributed by atoms with Gasteiger partial charge in [-0.15, -0.1) is 10.2 Å². The molecule has 1 saturated heterocycles. The molecule has 1 atom stereocenters. The second kappa shape index (κ2) is 9.51. The smallest absolute Gasteiger partial charge is 0.232 e. The highest BCUT2D eigenvalue weighted by atomic mass is 32.2. The number of anilines is 1. The zero-order valence-electron chi connectivity index (χ0n) is 17.7. The number of amides is 1. The third-order valence-electron chi connectivity index (χ3n) is 5.38. The lowest BCUT2D eigenvalue weighted by Gasteiger charge is -2.18. The van der Waals surface area contributed by atoms with Crippen LogP contribution < -0.4 is 10.2 Å². The first kappa shape index (κ1) is 21.4. The number of hydrogen-bond donors (Lipinski definition) is 1. The summed E-state index contributed by atoms with van der Waals surface area (Å²) in [6.07, 6.45) is 2.29. The molecule has 0 saturated carbocycles. The molecule has 8 heteroatoms. The lowest BCUT2D eigenvalue weighted by molar-refractivity contribution is -0.119. The van der Waals surface area contributed by atoms with Crippen LogP contribution in [0.25, 0.3) is 5.69 Å². The molecular formula is C23H26FN5OS. The fourth-order valence-corrected chi connectivity index (χ4v) is 4.40. The van der Waals surface area contributed by atoms with Crippen molar-refractivity contribution in [1.29, 1.82) is 0 Å². The monoisotopic (exact) mass is 439 g/mol. The van der Waals surface area contributed by atoms with Gasteiger partial charge in [0.2, 0.25) is 11.9 Å². The molecule has 1 aromatic heterocycles. The Morgan fingerprint density at radius 1 is 1.10 bits per heavy atom. The summed E-state index contributed by atoms with van der Waals surface area (Å²) in [6.45, 7) is 5.87. The summed E-state index contributed by atoms with van der Waals surface area (Å²) < 4.78 is 15.2. The van der Waals surface area contributed by atoms with Crippen molar-refractivity contribution < 1.29 is 9.18 Å². The van der Waals surface area contributed by atoms with E-state index in [1.807, 2.05) is 11.5 Å². The molecule has 0 spiro atoms. The number of benzene rings is 2. The maximum Gasteiger partial charge on any atom is 0.232 e. The fraction of sp³-hybridized carbons (Fsp3) is 0.348. The van der Waals surface area contributed by atoms with Crippen LogP contribution in [0.2, 0.25) is 0 Å². The van der Waals surface area contributed by atoms with Crippen molar-refractivity contribution in [3.8, 4) is 5.69 Å². The molecule has 2 aromatic carbocycles. The molecule has 1 aliphatic heterocycles. The normalized spacial score (nSPS) is 14.6. The highest BCUT2D eigenvalue weighted by Gasteiger charge is 2.23. The first-order valence-electron chi connectivity index (χ1n) is 10.5. The molecule has 31 heavy (non-hydrogen) atoms. The predicted octanol–water partition coefficient (Wildman–Crippen LogP) is 4.28. The van der Waals surface area contributed by atoms with Crippen molar-refractivity contribution in [1.82, 2.24) is 20.1 Å². The molecule has 1 aliphatic rings. The molecular weight excluding hydrogens is 413 g/mol. The van der Waals surface area contributed by atoms with E-state index in [0.29, 0.717) is 5.16 Å². The van der Waals surface area contributed by atoms with E-state index < -0.39 is 0 Å². The van der Waals surface area contributed by atoms with Gasteiger partial charge in [0.05, 0.1) is 17.5 Å². The average molecular weight is 440 g/mol. The summed E-state index contributed by atoms with van der Waals surface area (Å²) in [5.41, 5.74) is 3.03. The quantitative estimate of drug-likeness (QED) is 0.557. The van der Waals surface area contributed by atoms with E-state index in [-0.39, 0.29) is 23.5 Å². The van der Waals surface area contributed by atoms with Crippen LogP contribution in [-0.2, 0) is 4.79 Å². The summed E-state index contributed by atoms with van der Waals surface area (Å²) >= 11 is 1.36. The van der Waals surface area contributed by atoms with Crippen LogP contribution in [0.1, 0.15) is 36.9 Å². The number of hydrogen-bond acceptors (Lipinski definition) is 5. The Morgan fingerprint density at radius 2 is 1.77 bits per heavy atom. The van der Waals surface area contributed by atoms with Crippen LogP contribution >= 0.6 is 11.8 Å². The van der Waals surface area contributed by atoms with Gasteiger partial charge in [-0.2, -0.15) is 0 Å². The van der Waals surface area contributed by atoms with Crippen LogP contribution in [0, 0.1) is 12.7 Å². The molecule has 1 fully saturated rings. The van der Waals surface area contributed by atoms with Gasteiger partial charge < -0.3 is 10.2 Å². The first-order chi connectivity index (χ1) is 15.0. The lowest BCUT2D eigenvalue weighted by Crippen LogP contribution is -2.28. The SMILES string of the molecule is Cc1ccc(-n2c(SCC(=O)NC(C)c3ccc(F)cc3)nnc2N2CCCC2)cc1. The molecule has 1 N–H and O–H groups in total. The zero-order chi connectivity index (χ0) is 21.8.